The molecule has 5 bridgehead atoms. The molecule has 7 rings (SSSR count). The minimum Gasteiger partial charge on any atom is -0.497 e. The van der Waals surface area contributed by atoms with Crippen molar-refractivity contribution in [2.24, 2.45) is 11.8 Å². The molecule has 0 aromatic heterocycles. The molecule has 28 heavy (non-hydrogen) atoms. The molecule has 1 saturated carbocycles. The lowest BCUT2D eigenvalue weighted by atomic mass is 9.65. The van der Waals surface area contributed by atoms with Gasteiger partial charge in [-0.1, -0.05) is 11.6 Å². The van der Waals surface area contributed by atoms with Gasteiger partial charge in [0.05, 0.1) is 18.6 Å². The molecule has 1 spiro atoms. The predicted octanol–water partition coefficient (Wildman–Crippen LogP) is 2.74. The molecule has 1 aromatic carbocycles. The first-order chi connectivity index (χ1) is 13.5. The monoisotopic (exact) mass is 380 g/mol. The van der Waals surface area contributed by atoms with Crippen molar-refractivity contribution in [2.45, 2.75) is 56.3 Å². The number of nitrogens with zero attached hydrogens (tertiary/aromatic N) is 2. The number of esters is 1. The highest BCUT2D eigenvalue weighted by Crippen LogP contribution is 2.68. The van der Waals surface area contributed by atoms with Gasteiger partial charge in [-0.05, 0) is 49.4 Å². The molecule has 1 aliphatic carbocycles. The molecule has 5 aliphatic heterocycles. The van der Waals surface area contributed by atoms with Crippen molar-refractivity contribution < 1.29 is 14.3 Å². The summed E-state index contributed by atoms with van der Waals surface area (Å²) in [6.45, 7) is 4.82. The highest BCUT2D eigenvalue weighted by atomic mass is 16.5. The summed E-state index contributed by atoms with van der Waals surface area (Å²) in [4.78, 5) is 17.5. The molecular weight excluding hydrogens is 352 g/mol. The maximum Gasteiger partial charge on any atom is 0.302 e. The van der Waals surface area contributed by atoms with E-state index in [-0.39, 0.29) is 17.5 Å². The number of methoxy groups -OCH3 is 1. The van der Waals surface area contributed by atoms with E-state index in [0.29, 0.717) is 30.0 Å². The number of ether oxygens (including phenoxy) is 2. The van der Waals surface area contributed by atoms with E-state index in [1.165, 1.54) is 17.7 Å². The molecule has 5 fully saturated rings. The Morgan fingerprint density at radius 3 is 2.86 bits per heavy atom. The van der Waals surface area contributed by atoms with Gasteiger partial charge in [-0.3, -0.25) is 9.69 Å². The van der Waals surface area contributed by atoms with Crippen LogP contribution in [0, 0.1) is 11.8 Å². The van der Waals surface area contributed by atoms with Crippen LogP contribution >= 0.6 is 0 Å². The topological polar surface area (TPSA) is 42.0 Å². The lowest BCUT2D eigenvalue weighted by molar-refractivity contribution is -0.152. The average molecular weight is 380 g/mol. The zero-order chi connectivity index (χ0) is 19.4. The lowest BCUT2D eigenvalue weighted by Crippen LogP contribution is -2.68. The smallest absolute Gasteiger partial charge is 0.302 e. The van der Waals surface area contributed by atoms with Gasteiger partial charge < -0.3 is 14.4 Å². The van der Waals surface area contributed by atoms with Gasteiger partial charge in [0.2, 0.25) is 0 Å². The Balaban J connectivity index is 1.60. The molecular formula is C23H28N2O3. The Labute approximate surface area is 166 Å². The Bertz CT molecular complexity index is 911. The predicted molar refractivity (Wildman–Crippen MR) is 107 cm³/mol. The molecule has 1 aromatic rings. The Kier molecular flexibility index (Phi) is 3.21. The number of rotatable bonds is 2. The fourth-order valence-electron chi connectivity index (χ4n) is 7.83. The van der Waals surface area contributed by atoms with Crippen molar-refractivity contribution in [3.05, 3.63) is 35.4 Å². The fourth-order valence-corrected chi connectivity index (χ4v) is 7.83. The first-order valence-electron chi connectivity index (χ1n) is 10.5. The number of hydrogen-bond acceptors (Lipinski definition) is 5. The molecule has 5 heterocycles. The zero-order valence-corrected chi connectivity index (χ0v) is 17.0. The van der Waals surface area contributed by atoms with Crippen molar-refractivity contribution in [1.82, 2.24) is 4.90 Å². The Hall–Kier alpha value is -2.01. The van der Waals surface area contributed by atoms with Gasteiger partial charge in [0.25, 0.3) is 0 Å². The summed E-state index contributed by atoms with van der Waals surface area (Å²) in [5.41, 5.74) is 4.02. The second-order valence-corrected chi connectivity index (χ2v) is 9.30. The van der Waals surface area contributed by atoms with Crippen LogP contribution in [-0.2, 0) is 14.9 Å². The average Bonchev–Trinajstić information content (AvgIpc) is 3.10. The molecule has 0 radical (unpaired) electrons. The summed E-state index contributed by atoms with van der Waals surface area (Å²) in [5, 5.41) is 0. The summed E-state index contributed by atoms with van der Waals surface area (Å²) in [6, 6.07) is 7.84. The van der Waals surface area contributed by atoms with Crippen LogP contribution in [0.3, 0.4) is 0 Å². The van der Waals surface area contributed by atoms with Crippen molar-refractivity contribution >= 4 is 11.7 Å². The van der Waals surface area contributed by atoms with Crippen molar-refractivity contribution in [3.8, 4) is 5.75 Å². The lowest BCUT2D eigenvalue weighted by Gasteiger charge is -2.58. The van der Waals surface area contributed by atoms with E-state index in [1.807, 2.05) is 0 Å². The van der Waals surface area contributed by atoms with Crippen molar-refractivity contribution in [2.75, 3.05) is 25.6 Å². The van der Waals surface area contributed by atoms with Gasteiger partial charge in [0.15, 0.2) is 0 Å². The quantitative estimate of drug-likeness (QED) is 0.583. The normalized spacial score (nSPS) is 45.4. The van der Waals surface area contributed by atoms with Crippen LogP contribution in [-0.4, -0.2) is 55.8 Å². The van der Waals surface area contributed by atoms with Crippen LogP contribution in [0.25, 0.3) is 0 Å². The standard InChI is InChI=1S/C23H28N2O3/c1-5-13-11-25-18-9-15(13)20-19(25)10-23(22(20)28-12(2)26)16-8-14(27-4)6-7-17(16)24(3)21(18)23/h5-8,15,18-22H,9-11H2,1-4H3/b13-5-. The molecule has 0 amide bonds. The number of piperidine rings is 4. The van der Waals surface area contributed by atoms with Gasteiger partial charge in [0.1, 0.15) is 11.9 Å². The molecule has 8 unspecified atom stereocenters. The SMILES string of the molecule is C/C=C1/CN2C3CC45c6cc(OC)ccc6N(C)C4C2CC1C3C5OC(C)=O. The van der Waals surface area contributed by atoms with E-state index in [9.17, 15) is 4.79 Å². The van der Waals surface area contributed by atoms with Crippen LogP contribution in [0.2, 0.25) is 0 Å². The van der Waals surface area contributed by atoms with Gasteiger partial charge in [-0.2, -0.15) is 0 Å². The highest BCUT2D eigenvalue weighted by molar-refractivity contribution is 5.71. The van der Waals surface area contributed by atoms with E-state index >= 15 is 0 Å². The van der Waals surface area contributed by atoms with Gasteiger partial charge in [-0.15, -0.1) is 0 Å². The molecule has 5 heteroatoms. The summed E-state index contributed by atoms with van der Waals surface area (Å²) in [5.74, 6) is 1.68. The number of allylic oxidation sites excluding steroid dienone is 1. The largest absolute Gasteiger partial charge is 0.497 e. The van der Waals surface area contributed by atoms with Gasteiger partial charge in [-0.25, -0.2) is 0 Å². The fraction of sp³-hybridized carbons (Fsp3) is 0.609. The summed E-state index contributed by atoms with van der Waals surface area (Å²) in [7, 11) is 3.96. The first-order valence-corrected chi connectivity index (χ1v) is 10.5. The third-order valence-electron chi connectivity index (χ3n) is 8.56. The number of anilines is 1. The minimum absolute atomic E-state index is 0.0638. The summed E-state index contributed by atoms with van der Waals surface area (Å²) >= 11 is 0. The first kappa shape index (κ1) is 16.9. The number of fused-ring (bicyclic) bond motifs is 2. The van der Waals surface area contributed by atoms with E-state index in [0.717, 1.165) is 18.7 Å². The third-order valence-corrected chi connectivity index (χ3v) is 8.56. The van der Waals surface area contributed by atoms with Crippen molar-refractivity contribution in [3.63, 3.8) is 0 Å². The third kappa shape index (κ3) is 1.71. The zero-order valence-electron chi connectivity index (χ0n) is 17.0. The second kappa shape index (κ2) is 5.32. The van der Waals surface area contributed by atoms with E-state index < -0.39 is 0 Å². The maximum absolute atomic E-state index is 12.2. The molecule has 4 saturated heterocycles. The number of hydrogen-bond donors (Lipinski definition) is 0. The highest BCUT2D eigenvalue weighted by Gasteiger charge is 2.75. The van der Waals surface area contributed by atoms with Crippen LogP contribution in [0.15, 0.2) is 29.8 Å². The van der Waals surface area contributed by atoms with E-state index in [4.69, 9.17) is 9.47 Å². The number of likely N-dealkylation sites (N-methyl/N-ethyl adjacent to an activating group) is 1. The van der Waals surface area contributed by atoms with E-state index in [2.05, 4.69) is 48.0 Å². The number of benzene rings is 1. The van der Waals surface area contributed by atoms with Gasteiger partial charge in [0, 0.05) is 44.2 Å². The molecule has 0 N–H and O–H groups in total. The molecule has 6 aliphatic rings. The second-order valence-electron chi connectivity index (χ2n) is 9.30. The van der Waals surface area contributed by atoms with Crippen LogP contribution < -0.4 is 9.64 Å². The molecule has 148 valence electrons. The van der Waals surface area contributed by atoms with Crippen LogP contribution in [0.4, 0.5) is 5.69 Å². The minimum atomic E-state index is -0.152. The Morgan fingerprint density at radius 1 is 1.32 bits per heavy atom. The van der Waals surface area contributed by atoms with Crippen LogP contribution in [0.1, 0.15) is 32.3 Å². The molecule has 5 nitrogen and oxygen atoms in total. The number of carbonyl (C=O) groups excluding carboxylic acids is 1. The van der Waals surface area contributed by atoms with Gasteiger partial charge >= 0.3 is 5.97 Å². The Morgan fingerprint density at radius 2 is 2.14 bits per heavy atom. The van der Waals surface area contributed by atoms with Crippen LogP contribution in [0.5, 0.6) is 5.75 Å². The van der Waals surface area contributed by atoms with E-state index in [1.54, 1.807) is 19.6 Å². The maximum atomic E-state index is 12.2. The molecule has 8 atom stereocenters. The number of carbonyl (C=O) groups is 1. The van der Waals surface area contributed by atoms with Crippen molar-refractivity contribution in [1.29, 1.82) is 0 Å². The summed E-state index contributed by atoms with van der Waals surface area (Å²) < 4.78 is 11.8. The summed E-state index contributed by atoms with van der Waals surface area (Å²) in [6.07, 6.45) is 4.50.